The summed E-state index contributed by atoms with van der Waals surface area (Å²) < 4.78 is 13.2. The number of Topliss-reactive ketones (excluding diaryl/α,β-unsaturated/α-hetero) is 1. The lowest BCUT2D eigenvalue weighted by Gasteiger charge is -2.01. The fraction of sp³-hybridized carbons (Fsp3) is 0.125. The van der Waals surface area contributed by atoms with Crippen molar-refractivity contribution in [1.29, 1.82) is 0 Å². The van der Waals surface area contributed by atoms with E-state index in [1.807, 2.05) is 0 Å². The van der Waals surface area contributed by atoms with Crippen LogP contribution in [0.25, 0.3) is 0 Å². The van der Waals surface area contributed by atoms with Gasteiger partial charge in [0.25, 0.3) is 5.69 Å². The zero-order chi connectivity index (χ0) is 11.6. The van der Waals surface area contributed by atoms with Crippen molar-refractivity contribution in [1.82, 2.24) is 0 Å². The Labute approximate surface area is 97.3 Å². The summed E-state index contributed by atoms with van der Waals surface area (Å²) in [5, 5.41) is 10.0. The minimum atomic E-state index is -0.866. The Hall–Kier alpha value is -1.01. The molecule has 0 saturated heterocycles. The van der Waals surface area contributed by atoms with Crippen LogP contribution in [0.2, 0.25) is 5.02 Å². The molecule has 0 aliphatic heterocycles. The number of halogens is 3. The predicted molar refractivity (Wildman–Crippen MR) is 56.2 cm³/mol. The summed E-state index contributed by atoms with van der Waals surface area (Å²) in [6.07, 6.45) is 0. The van der Waals surface area contributed by atoms with E-state index in [-0.39, 0.29) is 15.9 Å². The average Bonchev–Trinajstić information content (AvgIpc) is 2.16. The van der Waals surface area contributed by atoms with Gasteiger partial charge in [-0.1, -0.05) is 27.5 Å². The number of rotatable bonds is 3. The van der Waals surface area contributed by atoms with Crippen molar-refractivity contribution < 1.29 is 14.1 Å². The summed E-state index contributed by atoms with van der Waals surface area (Å²) in [4.78, 5) is 20.9. The molecule has 7 heteroatoms. The highest BCUT2D eigenvalue weighted by atomic mass is 79.9. The lowest BCUT2D eigenvalue weighted by Crippen LogP contribution is -2.05. The third-order valence-electron chi connectivity index (χ3n) is 1.65. The van der Waals surface area contributed by atoms with E-state index in [9.17, 15) is 19.3 Å². The average molecular weight is 296 g/mol. The van der Waals surface area contributed by atoms with E-state index in [0.29, 0.717) is 0 Å². The number of nitro benzene ring substituents is 1. The number of alkyl halides is 1. The molecular formula is C8H4BrClFNO3. The van der Waals surface area contributed by atoms with Gasteiger partial charge in [0, 0.05) is 12.1 Å². The van der Waals surface area contributed by atoms with Crippen LogP contribution in [0.15, 0.2) is 12.1 Å². The molecule has 0 radical (unpaired) electrons. The minimum absolute atomic E-state index is 0.108. The van der Waals surface area contributed by atoms with Crippen molar-refractivity contribution in [3.63, 3.8) is 0 Å². The molecule has 80 valence electrons. The van der Waals surface area contributed by atoms with Crippen molar-refractivity contribution in [3.05, 3.63) is 38.7 Å². The molecule has 0 atom stereocenters. The molecule has 0 aliphatic rings. The molecule has 0 bridgehead atoms. The summed E-state index contributed by atoms with van der Waals surface area (Å²) in [5.74, 6) is -1.44. The summed E-state index contributed by atoms with van der Waals surface area (Å²) >= 11 is 8.29. The van der Waals surface area contributed by atoms with Gasteiger partial charge in [-0.3, -0.25) is 14.9 Å². The lowest BCUT2D eigenvalue weighted by atomic mass is 10.1. The van der Waals surface area contributed by atoms with Gasteiger partial charge < -0.3 is 0 Å². The van der Waals surface area contributed by atoms with E-state index in [0.717, 1.165) is 12.1 Å². The molecule has 0 unspecified atom stereocenters. The Morgan fingerprint density at radius 1 is 1.60 bits per heavy atom. The first kappa shape index (κ1) is 12.1. The van der Waals surface area contributed by atoms with Crippen molar-refractivity contribution in [2.45, 2.75) is 0 Å². The Kier molecular flexibility index (Phi) is 3.76. The molecule has 15 heavy (non-hydrogen) atoms. The Balaban J connectivity index is 3.36. The third-order valence-corrected chi connectivity index (χ3v) is 2.47. The Morgan fingerprint density at radius 3 is 2.67 bits per heavy atom. The van der Waals surface area contributed by atoms with Crippen LogP contribution < -0.4 is 0 Å². The molecule has 0 aromatic heterocycles. The summed E-state index contributed by atoms with van der Waals surface area (Å²) in [6.45, 7) is 0. The van der Waals surface area contributed by atoms with Crippen LogP contribution in [-0.4, -0.2) is 16.0 Å². The zero-order valence-electron chi connectivity index (χ0n) is 7.17. The summed E-state index contributed by atoms with van der Waals surface area (Å²) in [7, 11) is 0. The first-order valence-corrected chi connectivity index (χ1v) is 5.20. The Bertz CT molecular complexity index is 438. The zero-order valence-corrected chi connectivity index (χ0v) is 9.51. The fourth-order valence-corrected chi connectivity index (χ4v) is 1.48. The maximum absolute atomic E-state index is 13.2. The summed E-state index contributed by atoms with van der Waals surface area (Å²) in [5.41, 5.74) is -0.828. The second-order valence-electron chi connectivity index (χ2n) is 2.60. The van der Waals surface area contributed by atoms with Crippen LogP contribution in [0.1, 0.15) is 10.4 Å². The van der Waals surface area contributed by atoms with E-state index in [2.05, 4.69) is 15.9 Å². The first-order chi connectivity index (χ1) is 6.97. The largest absolute Gasteiger partial charge is 0.293 e. The van der Waals surface area contributed by atoms with Crippen LogP contribution in [0.4, 0.5) is 10.1 Å². The van der Waals surface area contributed by atoms with Gasteiger partial charge in [-0.25, -0.2) is 4.39 Å². The van der Waals surface area contributed by atoms with Crippen LogP contribution in [0.3, 0.4) is 0 Å². The molecule has 0 heterocycles. The van der Waals surface area contributed by atoms with Crippen LogP contribution in [-0.2, 0) is 0 Å². The van der Waals surface area contributed by atoms with E-state index in [4.69, 9.17) is 11.6 Å². The highest BCUT2D eigenvalue weighted by Gasteiger charge is 2.20. The number of carbonyl (C=O) groups excluding carboxylic acids is 1. The molecule has 0 saturated carbocycles. The SMILES string of the molecule is O=C(CBr)c1cc([N+](=O)[O-])c(Cl)cc1F. The monoisotopic (exact) mass is 295 g/mol. The smallest absolute Gasteiger partial charge is 0.288 e. The van der Waals surface area contributed by atoms with Gasteiger partial charge in [-0.15, -0.1) is 0 Å². The van der Waals surface area contributed by atoms with E-state index in [1.54, 1.807) is 0 Å². The van der Waals surface area contributed by atoms with Crippen LogP contribution in [0, 0.1) is 15.9 Å². The molecular weight excluding hydrogens is 292 g/mol. The second kappa shape index (κ2) is 4.67. The topological polar surface area (TPSA) is 60.2 Å². The van der Waals surface area contributed by atoms with Gasteiger partial charge >= 0.3 is 0 Å². The van der Waals surface area contributed by atoms with Crippen molar-refractivity contribution in [2.24, 2.45) is 0 Å². The van der Waals surface area contributed by atoms with Crippen molar-refractivity contribution in [2.75, 3.05) is 5.33 Å². The quantitative estimate of drug-likeness (QED) is 0.373. The maximum Gasteiger partial charge on any atom is 0.288 e. The Morgan fingerprint density at radius 2 is 2.20 bits per heavy atom. The van der Waals surface area contributed by atoms with E-state index < -0.39 is 22.2 Å². The lowest BCUT2D eigenvalue weighted by molar-refractivity contribution is -0.384. The summed E-state index contributed by atoms with van der Waals surface area (Å²) in [6, 6.07) is 1.59. The normalized spacial score (nSPS) is 10.1. The third kappa shape index (κ3) is 2.51. The molecule has 0 aliphatic carbocycles. The number of carbonyl (C=O) groups is 1. The highest BCUT2D eigenvalue weighted by molar-refractivity contribution is 9.09. The van der Waals surface area contributed by atoms with Crippen molar-refractivity contribution in [3.8, 4) is 0 Å². The van der Waals surface area contributed by atoms with E-state index in [1.165, 1.54) is 0 Å². The van der Waals surface area contributed by atoms with E-state index >= 15 is 0 Å². The second-order valence-corrected chi connectivity index (χ2v) is 3.57. The van der Waals surface area contributed by atoms with Gasteiger partial charge in [0.15, 0.2) is 5.78 Å². The number of nitrogens with zero attached hydrogens (tertiary/aromatic N) is 1. The van der Waals surface area contributed by atoms with Gasteiger partial charge in [0.1, 0.15) is 10.8 Å². The fourth-order valence-electron chi connectivity index (χ4n) is 0.963. The highest BCUT2D eigenvalue weighted by Crippen LogP contribution is 2.27. The van der Waals surface area contributed by atoms with Crippen molar-refractivity contribution >= 4 is 39.0 Å². The number of hydrogen-bond donors (Lipinski definition) is 0. The molecule has 0 amide bonds. The van der Waals surface area contributed by atoms with Crippen LogP contribution >= 0.6 is 27.5 Å². The predicted octanol–water partition coefficient (Wildman–Crippen LogP) is 2.96. The molecule has 0 fully saturated rings. The number of hydrogen-bond acceptors (Lipinski definition) is 3. The molecule has 1 aromatic rings. The molecule has 0 N–H and O–H groups in total. The number of nitro groups is 1. The van der Waals surface area contributed by atoms with Gasteiger partial charge in [0.05, 0.1) is 15.8 Å². The molecule has 4 nitrogen and oxygen atoms in total. The van der Waals surface area contributed by atoms with Gasteiger partial charge in [-0.2, -0.15) is 0 Å². The minimum Gasteiger partial charge on any atom is -0.293 e. The molecule has 1 aromatic carbocycles. The number of benzene rings is 1. The first-order valence-electron chi connectivity index (χ1n) is 3.70. The molecule has 1 rings (SSSR count). The number of ketones is 1. The standard InChI is InChI=1S/C8H4BrClFNO3/c9-3-8(13)4-1-7(12(14)15)5(10)2-6(4)11/h1-2H,3H2. The van der Waals surface area contributed by atoms with Gasteiger partial charge in [-0.05, 0) is 0 Å². The van der Waals surface area contributed by atoms with Gasteiger partial charge in [0.2, 0.25) is 0 Å². The van der Waals surface area contributed by atoms with Crippen LogP contribution in [0.5, 0.6) is 0 Å². The molecule has 0 spiro atoms. The maximum atomic E-state index is 13.2.